The number of methoxy groups -OCH3 is 1. The standard InChI is InChI=1S/C12H22N2O4/c1-4-18-12(16)14-7-5-10(6-8-14)13-9(2)11(15)17-3/h9-10,13H,4-8H2,1-3H3/t9-/m0/s1. The van der Waals surface area contributed by atoms with Gasteiger partial charge in [-0.25, -0.2) is 4.79 Å². The van der Waals surface area contributed by atoms with Crippen LogP contribution in [-0.4, -0.2) is 55.9 Å². The number of piperidine rings is 1. The maximum Gasteiger partial charge on any atom is 0.409 e. The summed E-state index contributed by atoms with van der Waals surface area (Å²) in [4.78, 5) is 24.5. The van der Waals surface area contributed by atoms with E-state index in [4.69, 9.17) is 4.74 Å². The molecule has 0 unspecified atom stereocenters. The molecule has 6 heteroatoms. The van der Waals surface area contributed by atoms with Crippen molar-refractivity contribution in [1.82, 2.24) is 10.2 Å². The Balaban J connectivity index is 2.31. The van der Waals surface area contributed by atoms with Gasteiger partial charge in [-0.05, 0) is 26.7 Å². The normalized spacial score (nSPS) is 18.3. The van der Waals surface area contributed by atoms with E-state index in [2.05, 4.69) is 10.1 Å². The van der Waals surface area contributed by atoms with Crippen molar-refractivity contribution in [3.8, 4) is 0 Å². The molecule has 1 saturated heterocycles. The van der Waals surface area contributed by atoms with Crippen LogP contribution in [0.4, 0.5) is 4.79 Å². The lowest BCUT2D eigenvalue weighted by Gasteiger charge is -2.32. The Morgan fingerprint density at radius 2 is 2.00 bits per heavy atom. The Kier molecular flexibility index (Phi) is 5.91. The number of nitrogens with one attached hydrogen (secondary N) is 1. The van der Waals surface area contributed by atoms with Gasteiger partial charge in [0.05, 0.1) is 13.7 Å². The van der Waals surface area contributed by atoms with E-state index >= 15 is 0 Å². The first kappa shape index (κ1) is 14.8. The smallest absolute Gasteiger partial charge is 0.409 e. The average Bonchev–Trinajstić information content (AvgIpc) is 2.38. The van der Waals surface area contributed by atoms with Gasteiger partial charge in [-0.15, -0.1) is 0 Å². The molecule has 1 atom stereocenters. The van der Waals surface area contributed by atoms with E-state index < -0.39 is 0 Å². The van der Waals surface area contributed by atoms with Crippen LogP contribution in [0.5, 0.6) is 0 Å². The number of nitrogens with zero attached hydrogens (tertiary/aromatic N) is 1. The van der Waals surface area contributed by atoms with Gasteiger partial charge in [0.2, 0.25) is 0 Å². The second kappa shape index (κ2) is 7.20. The summed E-state index contributed by atoms with van der Waals surface area (Å²) in [6, 6.07) is -0.0704. The van der Waals surface area contributed by atoms with Gasteiger partial charge < -0.3 is 19.7 Å². The summed E-state index contributed by atoms with van der Waals surface area (Å²) in [5.74, 6) is -0.261. The van der Waals surface area contributed by atoms with Crippen molar-refractivity contribution in [3.63, 3.8) is 0 Å². The van der Waals surface area contributed by atoms with Gasteiger partial charge in [0.1, 0.15) is 6.04 Å². The van der Waals surface area contributed by atoms with Gasteiger partial charge in [-0.1, -0.05) is 0 Å². The average molecular weight is 258 g/mol. The molecule has 1 aliphatic rings. The molecule has 1 heterocycles. The van der Waals surface area contributed by atoms with Crippen molar-refractivity contribution in [2.75, 3.05) is 26.8 Å². The molecule has 0 bridgehead atoms. The second-order valence-corrected chi connectivity index (χ2v) is 4.37. The Labute approximate surface area is 108 Å². The molecular formula is C12H22N2O4. The first-order chi connectivity index (χ1) is 8.58. The van der Waals surface area contributed by atoms with Gasteiger partial charge in [-0.3, -0.25) is 4.79 Å². The Morgan fingerprint density at radius 1 is 1.39 bits per heavy atom. The third-order valence-corrected chi connectivity index (χ3v) is 3.06. The quantitative estimate of drug-likeness (QED) is 0.754. The molecule has 18 heavy (non-hydrogen) atoms. The molecular weight excluding hydrogens is 236 g/mol. The zero-order valence-corrected chi connectivity index (χ0v) is 11.3. The fourth-order valence-electron chi connectivity index (χ4n) is 2.04. The van der Waals surface area contributed by atoms with Crippen LogP contribution in [0.15, 0.2) is 0 Å². The highest BCUT2D eigenvalue weighted by Gasteiger charge is 2.25. The maximum atomic E-state index is 11.5. The molecule has 0 spiro atoms. The Morgan fingerprint density at radius 3 is 2.50 bits per heavy atom. The number of amides is 1. The highest BCUT2D eigenvalue weighted by molar-refractivity contribution is 5.75. The molecule has 1 amide bonds. The molecule has 0 aromatic rings. The molecule has 0 aromatic carbocycles. The molecule has 1 rings (SSSR count). The molecule has 1 aliphatic heterocycles. The van der Waals surface area contributed by atoms with E-state index in [1.165, 1.54) is 7.11 Å². The summed E-state index contributed by atoms with van der Waals surface area (Å²) < 4.78 is 9.60. The minimum absolute atomic E-state index is 0.241. The molecule has 1 N–H and O–H groups in total. The van der Waals surface area contributed by atoms with E-state index in [0.717, 1.165) is 12.8 Å². The zero-order valence-electron chi connectivity index (χ0n) is 11.3. The first-order valence-corrected chi connectivity index (χ1v) is 6.34. The Hall–Kier alpha value is -1.30. The van der Waals surface area contributed by atoms with Gasteiger partial charge in [-0.2, -0.15) is 0 Å². The summed E-state index contributed by atoms with van der Waals surface area (Å²) in [7, 11) is 1.38. The topological polar surface area (TPSA) is 67.9 Å². The maximum absolute atomic E-state index is 11.5. The number of carbonyl (C=O) groups is 2. The summed E-state index contributed by atoms with van der Waals surface area (Å²) in [6.07, 6.45) is 1.39. The number of rotatable bonds is 4. The van der Waals surface area contributed by atoms with Crippen LogP contribution in [0.25, 0.3) is 0 Å². The molecule has 1 fully saturated rings. The van der Waals surface area contributed by atoms with E-state index in [1.807, 2.05) is 0 Å². The molecule has 0 saturated carbocycles. The van der Waals surface area contributed by atoms with Crippen molar-refractivity contribution < 1.29 is 19.1 Å². The number of likely N-dealkylation sites (tertiary alicyclic amines) is 1. The van der Waals surface area contributed by atoms with Gasteiger partial charge >= 0.3 is 12.1 Å². The van der Waals surface area contributed by atoms with Crippen molar-refractivity contribution in [2.24, 2.45) is 0 Å². The fraction of sp³-hybridized carbons (Fsp3) is 0.833. The molecule has 0 radical (unpaired) electrons. The molecule has 104 valence electrons. The molecule has 0 aliphatic carbocycles. The summed E-state index contributed by atoms with van der Waals surface area (Å²) in [5, 5.41) is 3.21. The van der Waals surface area contributed by atoms with Crippen LogP contribution in [0.3, 0.4) is 0 Å². The van der Waals surface area contributed by atoms with E-state index in [1.54, 1.807) is 18.7 Å². The fourth-order valence-corrected chi connectivity index (χ4v) is 2.04. The first-order valence-electron chi connectivity index (χ1n) is 6.34. The van der Waals surface area contributed by atoms with Crippen LogP contribution in [0.2, 0.25) is 0 Å². The van der Waals surface area contributed by atoms with E-state index in [9.17, 15) is 9.59 Å². The number of hydrogen-bond donors (Lipinski definition) is 1. The van der Waals surface area contributed by atoms with Gasteiger partial charge in [0.15, 0.2) is 0 Å². The van der Waals surface area contributed by atoms with Crippen molar-refractivity contribution in [1.29, 1.82) is 0 Å². The van der Waals surface area contributed by atoms with Crippen LogP contribution in [-0.2, 0) is 14.3 Å². The van der Waals surface area contributed by atoms with E-state index in [-0.39, 0.29) is 24.1 Å². The third-order valence-electron chi connectivity index (χ3n) is 3.06. The summed E-state index contributed by atoms with van der Waals surface area (Å²) in [5.41, 5.74) is 0. The highest BCUT2D eigenvalue weighted by atomic mass is 16.6. The number of esters is 1. The van der Waals surface area contributed by atoms with Crippen molar-refractivity contribution >= 4 is 12.1 Å². The predicted molar refractivity (Wildman–Crippen MR) is 66.2 cm³/mol. The number of carbonyl (C=O) groups excluding carboxylic acids is 2. The van der Waals surface area contributed by atoms with Gasteiger partial charge in [0.25, 0.3) is 0 Å². The summed E-state index contributed by atoms with van der Waals surface area (Å²) in [6.45, 7) is 5.29. The Bertz CT molecular complexity index is 288. The zero-order chi connectivity index (χ0) is 13.5. The lowest BCUT2D eigenvalue weighted by Crippen LogP contribution is -2.49. The minimum Gasteiger partial charge on any atom is -0.468 e. The number of hydrogen-bond acceptors (Lipinski definition) is 5. The number of ether oxygens (including phenoxy) is 2. The molecule has 6 nitrogen and oxygen atoms in total. The highest BCUT2D eigenvalue weighted by Crippen LogP contribution is 2.12. The predicted octanol–water partition coefficient (Wildman–Crippen LogP) is 0.758. The second-order valence-electron chi connectivity index (χ2n) is 4.37. The van der Waals surface area contributed by atoms with Gasteiger partial charge in [0, 0.05) is 19.1 Å². The third kappa shape index (κ3) is 4.18. The van der Waals surface area contributed by atoms with Crippen molar-refractivity contribution in [3.05, 3.63) is 0 Å². The van der Waals surface area contributed by atoms with Crippen LogP contribution >= 0.6 is 0 Å². The molecule has 0 aromatic heterocycles. The van der Waals surface area contributed by atoms with Crippen LogP contribution in [0, 0.1) is 0 Å². The minimum atomic E-state index is -0.311. The lowest BCUT2D eigenvalue weighted by atomic mass is 10.0. The van der Waals surface area contributed by atoms with E-state index in [0.29, 0.717) is 19.7 Å². The largest absolute Gasteiger partial charge is 0.468 e. The van der Waals surface area contributed by atoms with Crippen LogP contribution in [0.1, 0.15) is 26.7 Å². The lowest BCUT2D eigenvalue weighted by molar-refractivity contribution is -0.142. The summed E-state index contributed by atoms with van der Waals surface area (Å²) >= 11 is 0. The SMILES string of the molecule is CCOC(=O)N1CCC(N[C@@H](C)C(=O)OC)CC1. The van der Waals surface area contributed by atoms with Crippen LogP contribution < -0.4 is 5.32 Å². The van der Waals surface area contributed by atoms with Crippen molar-refractivity contribution in [2.45, 2.75) is 38.8 Å². The monoisotopic (exact) mass is 258 g/mol.